The highest BCUT2D eigenvalue weighted by molar-refractivity contribution is 6.42. The number of nitro groups is 1. The first-order valence-electron chi connectivity index (χ1n) is 6.81. The molecular formula is C16H13Cl2N3O3. The molecule has 0 aliphatic heterocycles. The van der Waals surface area contributed by atoms with Gasteiger partial charge in [-0.05, 0) is 24.3 Å². The summed E-state index contributed by atoms with van der Waals surface area (Å²) in [5, 5.41) is 17.2. The summed E-state index contributed by atoms with van der Waals surface area (Å²) < 4.78 is 0. The minimum absolute atomic E-state index is 0.0271. The first kappa shape index (κ1) is 17.8. The molecule has 0 saturated heterocycles. The number of rotatable bonds is 6. The Kier molecular flexibility index (Phi) is 5.78. The lowest BCUT2D eigenvalue weighted by molar-refractivity contribution is -0.384. The summed E-state index contributed by atoms with van der Waals surface area (Å²) in [6.07, 6.45) is 2.78. The van der Waals surface area contributed by atoms with Crippen LogP contribution < -0.4 is 10.6 Å². The molecule has 0 aliphatic carbocycles. The molecule has 0 aliphatic rings. The van der Waals surface area contributed by atoms with Gasteiger partial charge in [0.05, 0.1) is 26.3 Å². The van der Waals surface area contributed by atoms with Crippen molar-refractivity contribution < 1.29 is 9.72 Å². The van der Waals surface area contributed by atoms with Gasteiger partial charge < -0.3 is 10.6 Å². The van der Waals surface area contributed by atoms with E-state index in [2.05, 4.69) is 10.6 Å². The Hall–Kier alpha value is -2.57. The van der Waals surface area contributed by atoms with E-state index in [9.17, 15) is 14.9 Å². The van der Waals surface area contributed by atoms with Crippen molar-refractivity contribution in [2.75, 3.05) is 17.7 Å². The quantitative estimate of drug-likeness (QED) is 0.334. The number of ketones is 1. The van der Waals surface area contributed by atoms with E-state index in [1.807, 2.05) is 0 Å². The summed E-state index contributed by atoms with van der Waals surface area (Å²) >= 11 is 11.7. The topological polar surface area (TPSA) is 84.3 Å². The van der Waals surface area contributed by atoms with Crippen molar-refractivity contribution in [2.45, 2.75) is 0 Å². The molecule has 0 atom stereocenters. The number of nitrogens with one attached hydrogen (secondary N) is 2. The highest BCUT2D eigenvalue weighted by Crippen LogP contribution is 2.27. The van der Waals surface area contributed by atoms with E-state index in [4.69, 9.17) is 23.2 Å². The Morgan fingerprint density at radius 1 is 1.12 bits per heavy atom. The Balaban J connectivity index is 2.12. The van der Waals surface area contributed by atoms with Gasteiger partial charge in [0.2, 0.25) is 0 Å². The Labute approximate surface area is 148 Å². The molecule has 24 heavy (non-hydrogen) atoms. The van der Waals surface area contributed by atoms with E-state index in [1.165, 1.54) is 30.5 Å². The lowest BCUT2D eigenvalue weighted by atomic mass is 10.1. The fourth-order valence-electron chi connectivity index (χ4n) is 1.93. The van der Waals surface area contributed by atoms with Gasteiger partial charge in [0, 0.05) is 37.0 Å². The van der Waals surface area contributed by atoms with Crippen LogP contribution in [0, 0.1) is 10.1 Å². The maximum atomic E-state index is 12.1. The third-order valence-electron chi connectivity index (χ3n) is 3.16. The van der Waals surface area contributed by atoms with Crippen molar-refractivity contribution in [1.29, 1.82) is 0 Å². The van der Waals surface area contributed by atoms with E-state index in [0.29, 0.717) is 27.0 Å². The molecule has 0 aromatic heterocycles. The Bertz CT molecular complexity index is 822. The molecule has 0 amide bonds. The Morgan fingerprint density at radius 3 is 2.50 bits per heavy atom. The van der Waals surface area contributed by atoms with Crippen molar-refractivity contribution in [3.63, 3.8) is 0 Å². The fourth-order valence-corrected chi connectivity index (χ4v) is 2.23. The highest BCUT2D eigenvalue weighted by atomic mass is 35.5. The van der Waals surface area contributed by atoms with Crippen molar-refractivity contribution in [1.82, 2.24) is 0 Å². The lowest BCUT2D eigenvalue weighted by Gasteiger charge is -2.08. The number of anilines is 2. The monoisotopic (exact) mass is 365 g/mol. The van der Waals surface area contributed by atoms with Gasteiger partial charge in [0.1, 0.15) is 0 Å². The molecule has 0 fully saturated rings. The summed E-state index contributed by atoms with van der Waals surface area (Å²) in [5.74, 6) is -0.256. The lowest BCUT2D eigenvalue weighted by Crippen LogP contribution is -1.99. The molecule has 2 aromatic rings. The minimum Gasteiger partial charge on any atom is -0.386 e. The summed E-state index contributed by atoms with van der Waals surface area (Å²) in [5.41, 5.74) is 1.51. The zero-order chi connectivity index (χ0) is 17.7. The van der Waals surface area contributed by atoms with Gasteiger partial charge in [0.15, 0.2) is 5.78 Å². The molecule has 0 unspecified atom stereocenters. The number of benzene rings is 2. The van der Waals surface area contributed by atoms with Gasteiger partial charge in [-0.1, -0.05) is 23.2 Å². The van der Waals surface area contributed by atoms with Gasteiger partial charge in [-0.2, -0.15) is 0 Å². The predicted molar refractivity (Wildman–Crippen MR) is 96.2 cm³/mol. The molecule has 6 nitrogen and oxygen atoms in total. The number of nitro benzene ring substituents is 1. The zero-order valence-electron chi connectivity index (χ0n) is 12.5. The molecule has 2 aromatic carbocycles. The van der Waals surface area contributed by atoms with E-state index < -0.39 is 4.92 Å². The predicted octanol–water partition coefficient (Wildman–Crippen LogP) is 4.75. The maximum absolute atomic E-state index is 12.1. The number of nitrogens with zero attached hydrogens (tertiary/aromatic N) is 1. The SMILES string of the molecule is CNc1cc([N+](=O)[O-])ccc1NC=CC(=O)c1ccc(Cl)c(Cl)c1. The third-order valence-corrected chi connectivity index (χ3v) is 3.90. The number of halogens is 2. The average molecular weight is 366 g/mol. The number of carbonyl (C=O) groups is 1. The Morgan fingerprint density at radius 2 is 1.88 bits per heavy atom. The first-order valence-corrected chi connectivity index (χ1v) is 7.56. The molecule has 124 valence electrons. The summed E-state index contributed by atoms with van der Waals surface area (Å²) in [7, 11) is 1.65. The van der Waals surface area contributed by atoms with Crippen LogP contribution in [0.4, 0.5) is 17.1 Å². The first-order chi connectivity index (χ1) is 11.4. The number of hydrogen-bond donors (Lipinski definition) is 2. The van der Waals surface area contributed by atoms with E-state index in [0.717, 1.165) is 0 Å². The largest absolute Gasteiger partial charge is 0.386 e. The standard InChI is InChI=1S/C16H13Cl2N3O3/c1-19-15-9-11(21(23)24)3-5-14(15)20-7-6-16(22)10-2-4-12(17)13(18)8-10/h2-9,19-20H,1H3. The van der Waals surface area contributed by atoms with Crippen LogP contribution in [-0.4, -0.2) is 17.8 Å². The average Bonchev–Trinajstić information content (AvgIpc) is 2.57. The van der Waals surface area contributed by atoms with Gasteiger partial charge in [-0.3, -0.25) is 14.9 Å². The third kappa shape index (κ3) is 4.24. The second-order valence-corrected chi connectivity index (χ2v) is 5.52. The summed E-state index contributed by atoms with van der Waals surface area (Å²) in [6.45, 7) is 0. The van der Waals surface area contributed by atoms with E-state index in [1.54, 1.807) is 25.2 Å². The zero-order valence-corrected chi connectivity index (χ0v) is 14.1. The number of carbonyl (C=O) groups excluding carboxylic acids is 1. The van der Waals surface area contributed by atoms with Crippen LogP contribution >= 0.6 is 23.2 Å². The molecule has 2 N–H and O–H groups in total. The minimum atomic E-state index is -0.478. The van der Waals surface area contributed by atoms with Crippen LogP contribution in [0.2, 0.25) is 10.0 Å². The van der Waals surface area contributed by atoms with Crippen LogP contribution in [0.15, 0.2) is 48.7 Å². The van der Waals surface area contributed by atoms with Crippen molar-refractivity contribution in [3.05, 3.63) is 74.4 Å². The summed E-state index contributed by atoms with van der Waals surface area (Å²) in [4.78, 5) is 22.4. The van der Waals surface area contributed by atoms with E-state index >= 15 is 0 Å². The van der Waals surface area contributed by atoms with Gasteiger partial charge in [-0.25, -0.2) is 0 Å². The molecule has 0 spiro atoms. The van der Waals surface area contributed by atoms with Crippen LogP contribution in [0.5, 0.6) is 0 Å². The normalized spacial score (nSPS) is 10.6. The van der Waals surface area contributed by atoms with Crippen LogP contribution in [-0.2, 0) is 0 Å². The molecule has 0 saturated carbocycles. The second-order valence-electron chi connectivity index (χ2n) is 4.71. The van der Waals surface area contributed by atoms with Crippen molar-refractivity contribution in [2.24, 2.45) is 0 Å². The van der Waals surface area contributed by atoms with Gasteiger partial charge in [-0.15, -0.1) is 0 Å². The molecule has 0 bridgehead atoms. The van der Waals surface area contributed by atoms with Crippen LogP contribution in [0.3, 0.4) is 0 Å². The fraction of sp³-hybridized carbons (Fsp3) is 0.0625. The summed E-state index contributed by atoms with van der Waals surface area (Å²) in [6, 6.07) is 8.94. The van der Waals surface area contributed by atoms with Crippen molar-refractivity contribution in [3.8, 4) is 0 Å². The number of hydrogen-bond acceptors (Lipinski definition) is 5. The molecule has 8 heteroatoms. The highest BCUT2D eigenvalue weighted by Gasteiger charge is 2.09. The number of non-ortho nitro benzene ring substituents is 1. The van der Waals surface area contributed by atoms with Gasteiger partial charge >= 0.3 is 0 Å². The molecular weight excluding hydrogens is 353 g/mol. The van der Waals surface area contributed by atoms with E-state index in [-0.39, 0.29) is 11.5 Å². The molecule has 0 radical (unpaired) electrons. The maximum Gasteiger partial charge on any atom is 0.271 e. The second kappa shape index (κ2) is 7.81. The molecule has 2 rings (SSSR count). The van der Waals surface area contributed by atoms with Crippen molar-refractivity contribution >= 4 is 46.0 Å². The smallest absolute Gasteiger partial charge is 0.271 e. The van der Waals surface area contributed by atoms with Gasteiger partial charge in [0.25, 0.3) is 5.69 Å². The molecule has 0 heterocycles. The van der Waals surface area contributed by atoms with Crippen LogP contribution in [0.25, 0.3) is 0 Å². The number of allylic oxidation sites excluding steroid dienone is 1. The van der Waals surface area contributed by atoms with Crippen LogP contribution in [0.1, 0.15) is 10.4 Å².